The van der Waals surface area contributed by atoms with Gasteiger partial charge in [-0.15, -0.1) is 0 Å². The van der Waals surface area contributed by atoms with Crippen LogP contribution in [0.3, 0.4) is 0 Å². The Balaban J connectivity index is 1.52. The van der Waals surface area contributed by atoms with Crippen molar-refractivity contribution in [2.24, 2.45) is 0 Å². The zero-order chi connectivity index (χ0) is 22.9. The molecule has 4 aromatic rings. The summed E-state index contributed by atoms with van der Waals surface area (Å²) in [6.07, 6.45) is 6.46. The Hall–Kier alpha value is -3.87. The molecule has 168 valence electrons. The van der Waals surface area contributed by atoms with Gasteiger partial charge in [-0.05, 0) is 36.8 Å². The van der Waals surface area contributed by atoms with Crippen LogP contribution in [0.5, 0.6) is 11.5 Å². The Morgan fingerprint density at radius 3 is 2.70 bits per heavy atom. The summed E-state index contributed by atoms with van der Waals surface area (Å²) in [5, 5.41) is 2.03. The van der Waals surface area contributed by atoms with Crippen molar-refractivity contribution >= 4 is 27.7 Å². The molecular formula is C26H26N4O3. The lowest BCUT2D eigenvalue weighted by atomic mass is 10.1. The summed E-state index contributed by atoms with van der Waals surface area (Å²) < 4.78 is 14.1. The van der Waals surface area contributed by atoms with Crippen molar-refractivity contribution in [2.45, 2.75) is 25.9 Å². The van der Waals surface area contributed by atoms with Crippen LogP contribution in [0.25, 0.3) is 27.6 Å². The number of hydrogen-bond donors (Lipinski definition) is 0. The van der Waals surface area contributed by atoms with Crippen LogP contribution in [0.2, 0.25) is 0 Å². The molecule has 2 aromatic heterocycles. The number of likely N-dealkylation sites (tertiary alicyclic amines) is 1. The number of benzene rings is 2. The fourth-order valence-electron chi connectivity index (χ4n) is 4.42. The van der Waals surface area contributed by atoms with Gasteiger partial charge < -0.3 is 18.9 Å². The number of amides is 1. The van der Waals surface area contributed by atoms with Crippen molar-refractivity contribution in [3.63, 3.8) is 0 Å². The highest BCUT2D eigenvalue weighted by Gasteiger charge is 2.24. The van der Waals surface area contributed by atoms with Gasteiger partial charge in [-0.1, -0.05) is 18.7 Å². The molecule has 2 aromatic carbocycles. The van der Waals surface area contributed by atoms with E-state index in [1.54, 1.807) is 18.3 Å². The van der Waals surface area contributed by atoms with E-state index in [1.165, 1.54) is 11.6 Å². The Bertz CT molecular complexity index is 1350. The molecule has 5 rings (SSSR count). The van der Waals surface area contributed by atoms with Crippen molar-refractivity contribution in [3.8, 4) is 17.3 Å². The highest BCUT2D eigenvalue weighted by atomic mass is 16.5. The Morgan fingerprint density at radius 2 is 1.94 bits per heavy atom. The minimum atomic E-state index is -0.0345. The lowest BCUT2D eigenvalue weighted by Crippen LogP contribution is -2.41. The van der Waals surface area contributed by atoms with Gasteiger partial charge in [0.25, 0.3) is 0 Å². The summed E-state index contributed by atoms with van der Waals surface area (Å²) in [4.78, 5) is 22.8. The van der Waals surface area contributed by atoms with Gasteiger partial charge in [0.2, 0.25) is 5.91 Å². The average Bonchev–Trinajstić information content (AvgIpc) is 3.26. The van der Waals surface area contributed by atoms with Crippen molar-refractivity contribution in [1.29, 1.82) is 0 Å². The Morgan fingerprint density at radius 1 is 1.12 bits per heavy atom. The number of carbonyl (C=O) groups excluding carboxylic acids is 1. The molecule has 1 aliphatic heterocycles. The summed E-state index contributed by atoms with van der Waals surface area (Å²) in [5.74, 6) is 2.04. The highest BCUT2D eigenvalue weighted by molar-refractivity contribution is 5.91. The number of carbonyl (C=O) groups is 1. The molecule has 0 unspecified atom stereocenters. The number of aromatic nitrogens is 3. The largest absolute Gasteiger partial charge is 0.493 e. The topological polar surface area (TPSA) is 69.5 Å². The first-order chi connectivity index (χ1) is 16.1. The summed E-state index contributed by atoms with van der Waals surface area (Å²) in [7, 11) is 1.63. The van der Waals surface area contributed by atoms with E-state index in [0.29, 0.717) is 24.6 Å². The van der Waals surface area contributed by atoms with Crippen LogP contribution in [0, 0.1) is 6.92 Å². The predicted octanol–water partition coefficient (Wildman–Crippen LogP) is 4.45. The molecule has 0 saturated carbocycles. The molecule has 0 aliphatic carbocycles. The molecule has 0 atom stereocenters. The number of piperidine rings is 1. The van der Waals surface area contributed by atoms with Crippen molar-refractivity contribution < 1.29 is 14.3 Å². The third-order valence-electron chi connectivity index (χ3n) is 6.20. The van der Waals surface area contributed by atoms with E-state index in [2.05, 4.69) is 52.3 Å². The molecule has 7 nitrogen and oxygen atoms in total. The normalized spacial score (nSPS) is 14.5. The first kappa shape index (κ1) is 21.0. The summed E-state index contributed by atoms with van der Waals surface area (Å²) in [6, 6.07) is 12.3. The standard InChI is InChI=1S/C26H26N4O3/c1-4-25(31)29-10-8-19(9-11-29)33-24-14-20-21(15-23(24)32-3)27-16-28-26(20)30-12-7-18-6-5-17(2)13-22(18)30/h4-7,12-16,19H,1,8-11H2,2-3H3. The predicted molar refractivity (Wildman–Crippen MR) is 128 cm³/mol. The number of rotatable bonds is 5. The van der Waals surface area contributed by atoms with Crippen molar-refractivity contribution in [2.75, 3.05) is 20.2 Å². The van der Waals surface area contributed by atoms with Crippen LogP contribution >= 0.6 is 0 Å². The van der Waals surface area contributed by atoms with Gasteiger partial charge in [0, 0.05) is 49.0 Å². The van der Waals surface area contributed by atoms with Gasteiger partial charge in [-0.3, -0.25) is 4.79 Å². The molecule has 3 heterocycles. The monoisotopic (exact) mass is 442 g/mol. The Kier molecular flexibility index (Phi) is 5.46. The molecular weight excluding hydrogens is 416 g/mol. The number of fused-ring (bicyclic) bond motifs is 2. The lowest BCUT2D eigenvalue weighted by molar-refractivity contribution is -0.127. The molecule has 0 spiro atoms. The molecule has 0 bridgehead atoms. The SMILES string of the molecule is C=CC(=O)N1CCC(Oc2cc3c(-n4ccc5ccc(C)cc54)ncnc3cc2OC)CC1. The van der Waals surface area contributed by atoms with Crippen LogP contribution in [-0.2, 0) is 4.79 Å². The van der Waals surface area contributed by atoms with E-state index >= 15 is 0 Å². The average molecular weight is 443 g/mol. The van der Waals surface area contributed by atoms with Gasteiger partial charge in [-0.2, -0.15) is 0 Å². The summed E-state index contributed by atoms with van der Waals surface area (Å²) in [5.41, 5.74) is 3.06. The molecule has 0 radical (unpaired) electrons. The van der Waals surface area contributed by atoms with E-state index in [1.807, 2.05) is 18.3 Å². The van der Waals surface area contributed by atoms with Gasteiger partial charge in [0.05, 0.1) is 18.1 Å². The minimum Gasteiger partial charge on any atom is -0.493 e. The van der Waals surface area contributed by atoms with Crippen molar-refractivity contribution in [1.82, 2.24) is 19.4 Å². The Labute approximate surface area is 192 Å². The molecule has 1 aliphatic rings. The second-order valence-electron chi connectivity index (χ2n) is 8.31. The quantitative estimate of drug-likeness (QED) is 0.427. The van der Waals surface area contributed by atoms with Crippen LogP contribution in [0.1, 0.15) is 18.4 Å². The van der Waals surface area contributed by atoms with Crippen LogP contribution in [0.15, 0.2) is 61.6 Å². The van der Waals surface area contributed by atoms with E-state index < -0.39 is 0 Å². The maximum atomic E-state index is 11.9. The number of ether oxygens (including phenoxy) is 2. The number of hydrogen-bond acceptors (Lipinski definition) is 5. The van der Waals surface area contributed by atoms with Gasteiger partial charge in [-0.25, -0.2) is 9.97 Å². The number of nitrogens with zero attached hydrogens (tertiary/aromatic N) is 4. The minimum absolute atomic E-state index is 0.00615. The van der Waals surface area contributed by atoms with Gasteiger partial charge in [0.15, 0.2) is 11.5 Å². The molecule has 1 fully saturated rings. The van der Waals surface area contributed by atoms with Crippen LogP contribution < -0.4 is 9.47 Å². The first-order valence-corrected chi connectivity index (χ1v) is 11.1. The van der Waals surface area contributed by atoms with E-state index in [9.17, 15) is 4.79 Å². The van der Waals surface area contributed by atoms with Crippen molar-refractivity contribution in [3.05, 3.63) is 67.1 Å². The smallest absolute Gasteiger partial charge is 0.245 e. The second kappa shape index (κ2) is 8.58. The van der Waals surface area contributed by atoms with E-state index in [0.717, 1.165) is 40.5 Å². The molecule has 33 heavy (non-hydrogen) atoms. The molecule has 1 amide bonds. The fourth-order valence-corrected chi connectivity index (χ4v) is 4.42. The highest BCUT2D eigenvalue weighted by Crippen LogP contribution is 2.36. The van der Waals surface area contributed by atoms with E-state index in [4.69, 9.17) is 9.47 Å². The second-order valence-corrected chi connectivity index (χ2v) is 8.31. The zero-order valence-electron chi connectivity index (χ0n) is 18.8. The third kappa shape index (κ3) is 3.91. The summed E-state index contributed by atoms with van der Waals surface area (Å²) in [6.45, 7) is 6.95. The molecule has 0 N–H and O–H groups in total. The number of aryl methyl sites for hydroxylation is 1. The maximum absolute atomic E-state index is 11.9. The summed E-state index contributed by atoms with van der Waals surface area (Å²) >= 11 is 0. The lowest BCUT2D eigenvalue weighted by Gasteiger charge is -2.31. The van der Waals surface area contributed by atoms with Gasteiger partial charge >= 0.3 is 0 Å². The fraction of sp³-hybridized carbons (Fsp3) is 0.269. The zero-order valence-corrected chi connectivity index (χ0v) is 18.8. The molecule has 1 saturated heterocycles. The van der Waals surface area contributed by atoms with Gasteiger partial charge in [0.1, 0.15) is 18.2 Å². The molecule has 7 heteroatoms. The maximum Gasteiger partial charge on any atom is 0.245 e. The third-order valence-corrected chi connectivity index (χ3v) is 6.20. The van der Waals surface area contributed by atoms with Crippen LogP contribution in [-0.4, -0.2) is 51.6 Å². The van der Waals surface area contributed by atoms with E-state index in [-0.39, 0.29) is 12.0 Å². The van der Waals surface area contributed by atoms with Crippen LogP contribution in [0.4, 0.5) is 0 Å². The number of methoxy groups -OCH3 is 1. The first-order valence-electron chi connectivity index (χ1n) is 11.1.